The lowest BCUT2D eigenvalue weighted by Gasteiger charge is -2.24. The molecule has 1 unspecified atom stereocenters. The van der Waals surface area contributed by atoms with E-state index in [1.54, 1.807) is 0 Å². The lowest BCUT2D eigenvalue weighted by molar-refractivity contribution is -0.148. The van der Waals surface area contributed by atoms with Crippen LogP contribution in [0.5, 0.6) is 0 Å². The third-order valence-electron chi connectivity index (χ3n) is 4.68. The molecule has 1 aliphatic rings. The number of likely N-dealkylation sites (tertiary alicyclic amines) is 1. The van der Waals surface area contributed by atoms with Crippen molar-refractivity contribution < 1.29 is 9.90 Å². The van der Waals surface area contributed by atoms with Gasteiger partial charge < -0.3 is 10.1 Å². The average molecular weight is 286 g/mol. The van der Waals surface area contributed by atoms with Gasteiger partial charge in [-0.1, -0.05) is 31.5 Å². The molecule has 1 aromatic heterocycles. The number of aliphatic carboxylic acids is 1. The number of rotatable bonds is 5. The molecule has 0 saturated carbocycles. The van der Waals surface area contributed by atoms with Gasteiger partial charge in [-0.15, -0.1) is 0 Å². The zero-order valence-electron chi connectivity index (χ0n) is 12.4. The van der Waals surface area contributed by atoms with Gasteiger partial charge in [0.2, 0.25) is 0 Å². The van der Waals surface area contributed by atoms with Crippen LogP contribution in [0.25, 0.3) is 10.9 Å². The summed E-state index contributed by atoms with van der Waals surface area (Å²) in [5.74, 6) is -0.634. The van der Waals surface area contributed by atoms with Gasteiger partial charge in [-0.2, -0.15) is 0 Å². The van der Waals surface area contributed by atoms with E-state index in [0.29, 0.717) is 6.54 Å². The number of carboxylic acid groups (broad SMARTS) is 1. The highest BCUT2D eigenvalue weighted by atomic mass is 16.4. The van der Waals surface area contributed by atoms with E-state index >= 15 is 0 Å². The van der Waals surface area contributed by atoms with Crippen LogP contribution in [-0.2, 0) is 11.3 Å². The van der Waals surface area contributed by atoms with Crippen molar-refractivity contribution in [3.63, 3.8) is 0 Å². The number of aromatic nitrogens is 1. The van der Waals surface area contributed by atoms with Crippen molar-refractivity contribution in [3.8, 4) is 0 Å². The van der Waals surface area contributed by atoms with E-state index < -0.39 is 11.4 Å². The van der Waals surface area contributed by atoms with Crippen molar-refractivity contribution in [2.24, 2.45) is 5.41 Å². The zero-order chi connectivity index (χ0) is 14.9. The molecule has 21 heavy (non-hydrogen) atoms. The summed E-state index contributed by atoms with van der Waals surface area (Å²) in [5, 5.41) is 10.8. The third-order valence-corrected chi connectivity index (χ3v) is 4.68. The fourth-order valence-electron chi connectivity index (χ4n) is 3.56. The molecule has 1 fully saturated rings. The molecule has 0 amide bonds. The first-order chi connectivity index (χ1) is 10.1. The van der Waals surface area contributed by atoms with E-state index in [4.69, 9.17) is 0 Å². The molecular formula is C17H22N2O2. The summed E-state index contributed by atoms with van der Waals surface area (Å²) in [4.78, 5) is 17.2. The molecule has 1 aliphatic heterocycles. The molecule has 2 aromatic rings. The topological polar surface area (TPSA) is 56.3 Å². The molecule has 1 saturated heterocycles. The Morgan fingerprint density at radius 2 is 2.24 bits per heavy atom. The second-order valence-electron chi connectivity index (χ2n) is 6.16. The van der Waals surface area contributed by atoms with Gasteiger partial charge in [0.1, 0.15) is 0 Å². The molecule has 4 nitrogen and oxygen atoms in total. The summed E-state index contributed by atoms with van der Waals surface area (Å²) >= 11 is 0. The Kier molecular flexibility index (Phi) is 3.72. The van der Waals surface area contributed by atoms with Crippen LogP contribution in [0.15, 0.2) is 30.5 Å². The molecule has 2 heterocycles. The Morgan fingerprint density at radius 1 is 1.43 bits per heavy atom. The number of nitrogens with zero attached hydrogens (tertiary/aromatic N) is 1. The Hall–Kier alpha value is -1.81. The zero-order valence-corrected chi connectivity index (χ0v) is 12.4. The van der Waals surface area contributed by atoms with E-state index in [2.05, 4.69) is 28.9 Å². The van der Waals surface area contributed by atoms with Crippen molar-refractivity contribution in [2.45, 2.75) is 32.7 Å². The first-order valence-electron chi connectivity index (χ1n) is 7.65. The maximum Gasteiger partial charge on any atom is 0.310 e. The first kappa shape index (κ1) is 14.1. The van der Waals surface area contributed by atoms with Gasteiger partial charge in [-0.05, 0) is 31.0 Å². The number of fused-ring (bicyclic) bond motifs is 1. The van der Waals surface area contributed by atoms with Crippen molar-refractivity contribution in [2.75, 3.05) is 13.1 Å². The molecule has 1 atom stereocenters. The van der Waals surface area contributed by atoms with Crippen LogP contribution in [0, 0.1) is 5.41 Å². The molecule has 0 radical (unpaired) electrons. The van der Waals surface area contributed by atoms with Crippen LogP contribution in [0.2, 0.25) is 0 Å². The number of nitrogens with one attached hydrogen (secondary N) is 1. The Balaban J connectivity index is 1.76. The normalized spacial score (nSPS) is 22.9. The number of benzene rings is 1. The van der Waals surface area contributed by atoms with Gasteiger partial charge in [0.15, 0.2) is 0 Å². The minimum atomic E-state index is -0.634. The van der Waals surface area contributed by atoms with Crippen LogP contribution >= 0.6 is 0 Å². The van der Waals surface area contributed by atoms with E-state index in [1.165, 1.54) is 10.9 Å². The molecular weight excluding hydrogens is 264 g/mol. The second kappa shape index (κ2) is 5.53. The number of carboxylic acids is 1. The Bertz CT molecular complexity index is 649. The van der Waals surface area contributed by atoms with Gasteiger partial charge in [-0.3, -0.25) is 9.69 Å². The minimum Gasteiger partial charge on any atom is -0.481 e. The molecule has 112 valence electrons. The Morgan fingerprint density at radius 3 is 3.00 bits per heavy atom. The highest BCUT2D eigenvalue weighted by Crippen LogP contribution is 2.36. The van der Waals surface area contributed by atoms with Crippen molar-refractivity contribution in [3.05, 3.63) is 36.0 Å². The average Bonchev–Trinajstić information content (AvgIpc) is 3.06. The van der Waals surface area contributed by atoms with E-state index in [0.717, 1.165) is 37.9 Å². The van der Waals surface area contributed by atoms with Crippen molar-refractivity contribution >= 4 is 16.9 Å². The number of para-hydroxylation sites is 1. The van der Waals surface area contributed by atoms with Gasteiger partial charge in [0, 0.05) is 30.2 Å². The summed E-state index contributed by atoms with van der Waals surface area (Å²) in [7, 11) is 0. The summed E-state index contributed by atoms with van der Waals surface area (Å²) in [5.41, 5.74) is 1.86. The minimum absolute atomic E-state index is 0.541. The number of hydrogen-bond donors (Lipinski definition) is 2. The van der Waals surface area contributed by atoms with Gasteiger partial charge in [0.25, 0.3) is 0 Å². The van der Waals surface area contributed by atoms with Crippen LogP contribution in [0.3, 0.4) is 0 Å². The highest BCUT2D eigenvalue weighted by molar-refractivity contribution is 5.83. The van der Waals surface area contributed by atoms with Gasteiger partial charge in [-0.25, -0.2) is 0 Å². The molecule has 2 N–H and O–H groups in total. The van der Waals surface area contributed by atoms with E-state index in [9.17, 15) is 9.90 Å². The van der Waals surface area contributed by atoms with Gasteiger partial charge in [0.05, 0.1) is 5.41 Å². The molecule has 0 aliphatic carbocycles. The summed E-state index contributed by atoms with van der Waals surface area (Å²) in [6.07, 6.45) is 4.50. The Labute approximate surface area is 124 Å². The number of aromatic amines is 1. The highest BCUT2D eigenvalue weighted by Gasteiger charge is 2.43. The van der Waals surface area contributed by atoms with Crippen LogP contribution in [0.4, 0.5) is 0 Å². The number of hydrogen-bond acceptors (Lipinski definition) is 2. The van der Waals surface area contributed by atoms with E-state index in [1.807, 2.05) is 18.3 Å². The lowest BCUT2D eigenvalue weighted by Crippen LogP contribution is -2.34. The smallest absolute Gasteiger partial charge is 0.310 e. The monoisotopic (exact) mass is 286 g/mol. The first-order valence-corrected chi connectivity index (χ1v) is 7.65. The third kappa shape index (κ3) is 2.56. The summed E-state index contributed by atoms with van der Waals surface area (Å²) < 4.78 is 0. The molecule has 0 spiro atoms. The predicted molar refractivity (Wildman–Crippen MR) is 83.2 cm³/mol. The quantitative estimate of drug-likeness (QED) is 0.887. The number of H-pyrrole nitrogens is 1. The van der Waals surface area contributed by atoms with Crippen LogP contribution < -0.4 is 0 Å². The molecule has 4 heteroatoms. The van der Waals surface area contributed by atoms with Crippen LogP contribution in [0.1, 0.15) is 31.7 Å². The molecule has 1 aromatic carbocycles. The maximum absolute atomic E-state index is 11.6. The fourth-order valence-corrected chi connectivity index (χ4v) is 3.56. The van der Waals surface area contributed by atoms with Crippen molar-refractivity contribution in [1.29, 1.82) is 0 Å². The largest absolute Gasteiger partial charge is 0.481 e. The molecule has 3 rings (SSSR count). The van der Waals surface area contributed by atoms with Crippen LogP contribution in [-0.4, -0.2) is 34.0 Å². The summed E-state index contributed by atoms with van der Waals surface area (Å²) in [6.45, 7) is 4.41. The predicted octanol–water partition coefficient (Wildman–Crippen LogP) is 3.24. The fraction of sp³-hybridized carbons (Fsp3) is 0.471. The molecule has 0 bridgehead atoms. The SMILES string of the molecule is CCCC1(C(=O)O)CCN(Cc2c[nH]c3ccccc23)C1. The van der Waals surface area contributed by atoms with Crippen molar-refractivity contribution in [1.82, 2.24) is 9.88 Å². The maximum atomic E-state index is 11.6. The number of carbonyl (C=O) groups is 1. The van der Waals surface area contributed by atoms with E-state index in [-0.39, 0.29) is 0 Å². The summed E-state index contributed by atoms with van der Waals surface area (Å²) in [6, 6.07) is 8.26. The lowest BCUT2D eigenvalue weighted by atomic mass is 9.83. The van der Waals surface area contributed by atoms with Gasteiger partial charge >= 0.3 is 5.97 Å². The second-order valence-corrected chi connectivity index (χ2v) is 6.16. The standard InChI is InChI=1S/C17H22N2O2/c1-2-7-17(16(20)21)8-9-19(12-17)11-13-10-18-15-6-4-3-5-14(13)15/h3-6,10,18H,2,7-9,11-12H2,1H3,(H,20,21).